The minimum absolute atomic E-state index is 0.0314. The summed E-state index contributed by atoms with van der Waals surface area (Å²) in [5, 5.41) is 2.29. The fourth-order valence-electron chi connectivity index (χ4n) is 3.98. The van der Waals surface area contributed by atoms with Crippen molar-refractivity contribution < 1.29 is 27.0 Å². The molecule has 1 saturated heterocycles. The normalized spacial score (nSPS) is 18.6. The average molecular weight is 457 g/mol. The molecule has 168 valence electrons. The number of hydrogen-bond donors (Lipinski definition) is 1. The number of amides is 3. The molecule has 2 aromatic carbocycles. The first-order valence-corrected chi connectivity index (χ1v) is 11.9. The third-order valence-corrected chi connectivity index (χ3v) is 7.08. The fraction of sp³-hybridized carbons (Fsp3) is 0.348. The monoisotopic (exact) mass is 456 g/mol. The van der Waals surface area contributed by atoms with Crippen molar-refractivity contribution in [3.63, 3.8) is 0 Å². The van der Waals surface area contributed by atoms with E-state index < -0.39 is 22.1 Å². The lowest BCUT2D eigenvalue weighted by molar-refractivity contribution is -0.136. The molecule has 1 atom stereocenters. The minimum atomic E-state index is -3.80. The van der Waals surface area contributed by atoms with Gasteiger partial charge in [0.15, 0.2) is 0 Å². The molecule has 2 heterocycles. The lowest BCUT2D eigenvalue weighted by Gasteiger charge is -2.29. The molecule has 2 aliphatic rings. The number of fused-ring (bicyclic) bond motifs is 1. The van der Waals surface area contributed by atoms with Crippen LogP contribution in [-0.2, 0) is 36.9 Å². The van der Waals surface area contributed by atoms with E-state index in [1.165, 1.54) is 17.0 Å². The Kier molecular flexibility index (Phi) is 6.12. The van der Waals surface area contributed by atoms with Gasteiger partial charge < -0.3 is 4.90 Å². The Morgan fingerprint density at radius 3 is 2.56 bits per heavy atom. The summed E-state index contributed by atoms with van der Waals surface area (Å²) in [6.07, 6.45) is 1.55. The molecule has 8 nitrogen and oxygen atoms in total. The molecule has 0 spiro atoms. The number of nitrogens with zero attached hydrogens (tertiary/aromatic N) is 1. The van der Waals surface area contributed by atoms with Crippen LogP contribution in [0.2, 0.25) is 0 Å². The van der Waals surface area contributed by atoms with Crippen LogP contribution in [0.5, 0.6) is 0 Å². The Morgan fingerprint density at radius 2 is 1.84 bits per heavy atom. The van der Waals surface area contributed by atoms with E-state index in [9.17, 15) is 22.8 Å². The second kappa shape index (κ2) is 8.84. The van der Waals surface area contributed by atoms with E-state index in [1.54, 1.807) is 18.2 Å². The predicted molar refractivity (Wildman–Crippen MR) is 115 cm³/mol. The van der Waals surface area contributed by atoms with Crippen molar-refractivity contribution in [2.24, 2.45) is 0 Å². The van der Waals surface area contributed by atoms with Gasteiger partial charge in [-0.2, -0.15) is 8.42 Å². The second-order valence-electron chi connectivity index (χ2n) is 8.08. The molecule has 0 bridgehead atoms. The highest BCUT2D eigenvalue weighted by atomic mass is 32.2. The molecule has 0 radical (unpaired) electrons. The van der Waals surface area contributed by atoms with Crippen molar-refractivity contribution in [1.29, 1.82) is 0 Å². The zero-order chi connectivity index (χ0) is 22.9. The number of benzene rings is 2. The lowest BCUT2D eigenvalue weighted by atomic mass is 10.0. The molecule has 2 aliphatic heterocycles. The van der Waals surface area contributed by atoms with Crippen molar-refractivity contribution in [1.82, 2.24) is 10.2 Å². The van der Waals surface area contributed by atoms with Gasteiger partial charge in [-0.05, 0) is 55.5 Å². The van der Waals surface area contributed by atoms with Gasteiger partial charge in [-0.3, -0.25) is 23.9 Å². The SMILES string of the molecule is Cc1ccc(S(=O)(=O)OCCCc2ccc3c(c2)C(=O)N(C2CCC(=O)NC2=O)C3)cc1. The van der Waals surface area contributed by atoms with Gasteiger partial charge in [0, 0.05) is 18.5 Å². The number of rotatable bonds is 7. The van der Waals surface area contributed by atoms with E-state index in [0.717, 1.165) is 16.7 Å². The summed E-state index contributed by atoms with van der Waals surface area (Å²) in [4.78, 5) is 38.0. The molecule has 0 saturated carbocycles. The molecule has 0 aromatic heterocycles. The summed E-state index contributed by atoms with van der Waals surface area (Å²) < 4.78 is 29.6. The average Bonchev–Trinajstić information content (AvgIpc) is 3.07. The van der Waals surface area contributed by atoms with Gasteiger partial charge >= 0.3 is 0 Å². The Bertz CT molecular complexity index is 1170. The van der Waals surface area contributed by atoms with E-state index in [1.807, 2.05) is 19.1 Å². The number of carbonyl (C=O) groups excluding carboxylic acids is 3. The second-order valence-corrected chi connectivity index (χ2v) is 9.70. The van der Waals surface area contributed by atoms with Gasteiger partial charge in [-0.25, -0.2) is 0 Å². The van der Waals surface area contributed by atoms with Crippen molar-refractivity contribution in [3.05, 3.63) is 64.7 Å². The van der Waals surface area contributed by atoms with Crippen molar-refractivity contribution in [3.8, 4) is 0 Å². The number of aryl methyl sites for hydroxylation is 2. The molecular formula is C23H24N2O6S. The van der Waals surface area contributed by atoms with Crippen LogP contribution in [0.4, 0.5) is 0 Å². The zero-order valence-corrected chi connectivity index (χ0v) is 18.5. The number of carbonyl (C=O) groups is 3. The zero-order valence-electron chi connectivity index (χ0n) is 17.7. The van der Waals surface area contributed by atoms with Crippen LogP contribution in [0.1, 0.15) is 46.3 Å². The number of nitrogens with one attached hydrogen (secondary N) is 1. The minimum Gasteiger partial charge on any atom is -0.322 e. The van der Waals surface area contributed by atoms with Crippen LogP contribution >= 0.6 is 0 Å². The maximum absolute atomic E-state index is 12.9. The summed E-state index contributed by atoms with van der Waals surface area (Å²) in [5.41, 5.74) is 3.23. The Balaban J connectivity index is 1.34. The van der Waals surface area contributed by atoms with Gasteiger partial charge in [0.05, 0.1) is 11.5 Å². The summed E-state index contributed by atoms with van der Waals surface area (Å²) in [6, 6.07) is 11.4. The molecule has 1 fully saturated rings. The van der Waals surface area contributed by atoms with Crippen molar-refractivity contribution >= 4 is 27.8 Å². The summed E-state index contributed by atoms with van der Waals surface area (Å²) in [5.74, 6) is -0.978. The lowest BCUT2D eigenvalue weighted by Crippen LogP contribution is -2.52. The Morgan fingerprint density at radius 1 is 1.09 bits per heavy atom. The Hall–Kier alpha value is -3.04. The highest BCUT2D eigenvalue weighted by Gasteiger charge is 2.39. The van der Waals surface area contributed by atoms with Gasteiger partial charge in [0.1, 0.15) is 6.04 Å². The van der Waals surface area contributed by atoms with E-state index in [2.05, 4.69) is 5.32 Å². The molecule has 3 amide bonds. The van der Waals surface area contributed by atoms with Crippen LogP contribution in [-0.4, -0.2) is 43.7 Å². The molecular weight excluding hydrogens is 432 g/mol. The molecule has 4 rings (SSSR count). The third kappa shape index (κ3) is 4.58. The molecule has 9 heteroatoms. The standard InChI is InChI=1S/C23H24N2O6S/c1-15-4-8-18(9-5-15)32(29,30)31-12-2-3-16-6-7-17-14-25(23(28)19(17)13-16)20-10-11-21(26)24-22(20)27/h4-9,13,20H,2-3,10-12,14H2,1H3,(H,24,26,27). The molecule has 32 heavy (non-hydrogen) atoms. The molecule has 2 aromatic rings. The van der Waals surface area contributed by atoms with Crippen molar-refractivity contribution in [2.75, 3.05) is 6.61 Å². The molecule has 1 unspecified atom stereocenters. The molecule has 0 aliphatic carbocycles. The van der Waals surface area contributed by atoms with E-state index in [-0.39, 0.29) is 29.7 Å². The predicted octanol–water partition coefficient (Wildman–Crippen LogP) is 2.09. The van der Waals surface area contributed by atoms with E-state index >= 15 is 0 Å². The fourth-order valence-corrected chi connectivity index (χ4v) is 4.92. The van der Waals surface area contributed by atoms with Crippen LogP contribution < -0.4 is 5.32 Å². The maximum atomic E-state index is 12.9. The highest BCUT2D eigenvalue weighted by molar-refractivity contribution is 7.86. The number of piperidine rings is 1. The van der Waals surface area contributed by atoms with Crippen LogP contribution in [0.25, 0.3) is 0 Å². The summed E-state index contributed by atoms with van der Waals surface area (Å²) in [6.45, 7) is 2.24. The summed E-state index contributed by atoms with van der Waals surface area (Å²) in [7, 11) is -3.80. The van der Waals surface area contributed by atoms with Crippen molar-refractivity contribution in [2.45, 2.75) is 50.1 Å². The first kappa shape index (κ1) is 22.2. The first-order valence-electron chi connectivity index (χ1n) is 10.5. The van der Waals surface area contributed by atoms with Gasteiger partial charge in [-0.15, -0.1) is 0 Å². The van der Waals surface area contributed by atoms with E-state index in [4.69, 9.17) is 4.18 Å². The largest absolute Gasteiger partial charge is 0.322 e. The highest BCUT2D eigenvalue weighted by Crippen LogP contribution is 2.28. The van der Waals surface area contributed by atoms with Gasteiger partial charge in [0.25, 0.3) is 16.0 Å². The topological polar surface area (TPSA) is 110 Å². The smallest absolute Gasteiger partial charge is 0.296 e. The van der Waals surface area contributed by atoms with Crippen LogP contribution in [0.15, 0.2) is 47.4 Å². The molecule has 1 N–H and O–H groups in total. The summed E-state index contributed by atoms with van der Waals surface area (Å²) >= 11 is 0. The number of imide groups is 1. The van der Waals surface area contributed by atoms with Crippen LogP contribution in [0, 0.1) is 6.92 Å². The Labute approximate surface area is 186 Å². The number of hydrogen-bond acceptors (Lipinski definition) is 6. The maximum Gasteiger partial charge on any atom is 0.296 e. The third-order valence-electron chi connectivity index (χ3n) is 5.75. The quantitative estimate of drug-likeness (QED) is 0.388. The van der Waals surface area contributed by atoms with Gasteiger partial charge in [-0.1, -0.05) is 29.8 Å². The first-order chi connectivity index (χ1) is 15.2. The van der Waals surface area contributed by atoms with Gasteiger partial charge in [0.2, 0.25) is 11.8 Å². The van der Waals surface area contributed by atoms with Crippen LogP contribution in [0.3, 0.4) is 0 Å². The van der Waals surface area contributed by atoms with E-state index in [0.29, 0.717) is 31.4 Å².